The van der Waals surface area contributed by atoms with Gasteiger partial charge in [-0.3, -0.25) is 9.59 Å². The van der Waals surface area contributed by atoms with Gasteiger partial charge in [0.25, 0.3) is 5.56 Å². The second-order valence-corrected chi connectivity index (χ2v) is 6.50. The van der Waals surface area contributed by atoms with E-state index in [9.17, 15) is 9.59 Å². The highest BCUT2D eigenvalue weighted by Gasteiger charge is 2.07. The van der Waals surface area contributed by atoms with Crippen LogP contribution in [0.4, 0.5) is 5.82 Å². The molecular formula is C21H23N5O2. The fourth-order valence-corrected chi connectivity index (χ4v) is 2.64. The zero-order valence-corrected chi connectivity index (χ0v) is 16.0. The van der Waals surface area contributed by atoms with E-state index in [0.717, 1.165) is 6.42 Å². The summed E-state index contributed by atoms with van der Waals surface area (Å²) in [5.41, 5.74) is 3.03. The number of aromatic amines is 1. The Morgan fingerprint density at radius 3 is 2.57 bits per heavy atom. The molecule has 0 atom stereocenters. The Labute approximate surface area is 163 Å². The van der Waals surface area contributed by atoms with Crippen molar-refractivity contribution < 1.29 is 4.79 Å². The Morgan fingerprint density at radius 2 is 1.89 bits per heavy atom. The molecule has 1 amide bonds. The van der Waals surface area contributed by atoms with Gasteiger partial charge in [-0.25, -0.2) is 9.97 Å². The topological polar surface area (TPSA) is 99.8 Å². The molecule has 0 saturated carbocycles. The fraction of sp³-hybridized carbons (Fsp3) is 0.238. The van der Waals surface area contributed by atoms with E-state index >= 15 is 0 Å². The van der Waals surface area contributed by atoms with Crippen LogP contribution in [0.25, 0.3) is 11.4 Å². The molecule has 3 aromatic rings. The smallest absolute Gasteiger partial charge is 0.254 e. The van der Waals surface area contributed by atoms with Crippen molar-refractivity contribution in [2.45, 2.75) is 20.3 Å². The standard InChI is InChI=1S/C21H23N5O2/c1-14-15(2)25-20(26-21(14)28)17-8-9-18(23-12-17)24-13-19(27)22-11-10-16-6-4-3-5-7-16/h3-9,12H,10-11,13H2,1-2H3,(H,22,27)(H,23,24)(H,25,26,28). The lowest BCUT2D eigenvalue weighted by Crippen LogP contribution is -2.31. The van der Waals surface area contributed by atoms with Crippen LogP contribution < -0.4 is 16.2 Å². The number of benzene rings is 1. The fourth-order valence-electron chi connectivity index (χ4n) is 2.64. The maximum Gasteiger partial charge on any atom is 0.254 e. The third kappa shape index (κ3) is 5.03. The number of rotatable bonds is 7. The SMILES string of the molecule is Cc1nc(-c2ccc(NCC(=O)NCCc3ccccc3)nc2)[nH]c(=O)c1C. The van der Waals surface area contributed by atoms with Crippen LogP contribution in [0, 0.1) is 13.8 Å². The summed E-state index contributed by atoms with van der Waals surface area (Å²) < 4.78 is 0. The Kier molecular flexibility index (Phi) is 6.16. The zero-order valence-electron chi connectivity index (χ0n) is 16.0. The van der Waals surface area contributed by atoms with E-state index < -0.39 is 0 Å². The molecule has 0 saturated heterocycles. The Hall–Kier alpha value is -3.48. The molecule has 0 aliphatic rings. The maximum absolute atomic E-state index is 12.0. The van der Waals surface area contributed by atoms with Gasteiger partial charge in [-0.1, -0.05) is 30.3 Å². The molecule has 1 aromatic carbocycles. The summed E-state index contributed by atoms with van der Waals surface area (Å²) in [6.45, 7) is 4.26. The molecule has 3 N–H and O–H groups in total. The van der Waals surface area contributed by atoms with Crippen molar-refractivity contribution in [3.8, 4) is 11.4 Å². The van der Waals surface area contributed by atoms with Gasteiger partial charge in [0.2, 0.25) is 5.91 Å². The van der Waals surface area contributed by atoms with Crippen LogP contribution in [0.2, 0.25) is 0 Å². The van der Waals surface area contributed by atoms with Crippen molar-refractivity contribution in [3.63, 3.8) is 0 Å². The predicted molar refractivity (Wildman–Crippen MR) is 109 cm³/mol. The van der Waals surface area contributed by atoms with Crippen molar-refractivity contribution in [3.05, 3.63) is 75.8 Å². The van der Waals surface area contributed by atoms with Gasteiger partial charge in [-0.15, -0.1) is 0 Å². The largest absolute Gasteiger partial charge is 0.361 e. The number of nitrogens with zero attached hydrogens (tertiary/aromatic N) is 2. The number of aryl methyl sites for hydroxylation is 1. The van der Waals surface area contributed by atoms with Crippen LogP contribution in [0.3, 0.4) is 0 Å². The summed E-state index contributed by atoms with van der Waals surface area (Å²) in [5, 5.41) is 5.87. The number of pyridine rings is 1. The molecule has 0 radical (unpaired) electrons. The van der Waals surface area contributed by atoms with Gasteiger partial charge in [0.15, 0.2) is 0 Å². The number of amides is 1. The molecule has 0 aliphatic carbocycles. The lowest BCUT2D eigenvalue weighted by molar-refractivity contribution is -0.119. The molecule has 0 fully saturated rings. The molecule has 0 bridgehead atoms. The summed E-state index contributed by atoms with van der Waals surface area (Å²) in [4.78, 5) is 35.3. The Balaban J connectivity index is 1.50. The highest BCUT2D eigenvalue weighted by atomic mass is 16.2. The second-order valence-electron chi connectivity index (χ2n) is 6.50. The molecule has 28 heavy (non-hydrogen) atoms. The Morgan fingerprint density at radius 1 is 1.11 bits per heavy atom. The van der Waals surface area contributed by atoms with E-state index in [0.29, 0.717) is 35.0 Å². The van der Waals surface area contributed by atoms with Gasteiger partial charge in [-0.05, 0) is 38.0 Å². The van der Waals surface area contributed by atoms with Crippen molar-refractivity contribution in [1.29, 1.82) is 0 Å². The highest BCUT2D eigenvalue weighted by Crippen LogP contribution is 2.15. The van der Waals surface area contributed by atoms with E-state index in [-0.39, 0.29) is 18.0 Å². The van der Waals surface area contributed by atoms with E-state index in [1.54, 1.807) is 32.2 Å². The number of carbonyl (C=O) groups is 1. The molecular weight excluding hydrogens is 354 g/mol. The molecule has 0 spiro atoms. The first-order valence-electron chi connectivity index (χ1n) is 9.11. The third-order valence-electron chi connectivity index (χ3n) is 4.44. The van der Waals surface area contributed by atoms with E-state index in [2.05, 4.69) is 25.6 Å². The lowest BCUT2D eigenvalue weighted by atomic mass is 10.1. The van der Waals surface area contributed by atoms with Crippen LogP contribution in [0.1, 0.15) is 16.8 Å². The molecule has 0 aliphatic heterocycles. The molecule has 144 valence electrons. The molecule has 7 heteroatoms. The van der Waals surface area contributed by atoms with Gasteiger partial charge in [0.1, 0.15) is 11.6 Å². The minimum atomic E-state index is -0.156. The van der Waals surface area contributed by atoms with Crippen LogP contribution in [0.15, 0.2) is 53.5 Å². The van der Waals surface area contributed by atoms with Crippen LogP contribution in [-0.4, -0.2) is 33.9 Å². The van der Waals surface area contributed by atoms with Crippen LogP contribution in [-0.2, 0) is 11.2 Å². The van der Waals surface area contributed by atoms with Gasteiger partial charge in [-0.2, -0.15) is 0 Å². The number of hydrogen-bond donors (Lipinski definition) is 3. The molecule has 2 heterocycles. The number of hydrogen-bond acceptors (Lipinski definition) is 5. The van der Waals surface area contributed by atoms with Gasteiger partial charge in [0, 0.05) is 29.6 Å². The number of H-pyrrole nitrogens is 1. The average molecular weight is 377 g/mol. The normalized spacial score (nSPS) is 10.5. The summed E-state index contributed by atoms with van der Waals surface area (Å²) in [7, 11) is 0. The summed E-state index contributed by atoms with van der Waals surface area (Å²) >= 11 is 0. The van der Waals surface area contributed by atoms with E-state index in [1.165, 1.54) is 5.56 Å². The van der Waals surface area contributed by atoms with Crippen molar-refractivity contribution in [2.75, 3.05) is 18.4 Å². The summed E-state index contributed by atoms with van der Waals surface area (Å²) in [6.07, 6.45) is 2.41. The third-order valence-corrected chi connectivity index (χ3v) is 4.44. The lowest BCUT2D eigenvalue weighted by Gasteiger charge is -2.08. The molecule has 7 nitrogen and oxygen atoms in total. The number of anilines is 1. The minimum absolute atomic E-state index is 0.0954. The highest BCUT2D eigenvalue weighted by molar-refractivity contribution is 5.80. The molecule has 2 aromatic heterocycles. The monoisotopic (exact) mass is 377 g/mol. The van der Waals surface area contributed by atoms with Gasteiger partial charge >= 0.3 is 0 Å². The van der Waals surface area contributed by atoms with Crippen molar-refractivity contribution >= 4 is 11.7 Å². The summed E-state index contributed by atoms with van der Waals surface area (Å²) in [6, 6.07) is 13.6. The quantitative estimate of drug-likeness (QED) is 0.586. The zero-order chi connectivity index (χ0) is 19.9. The predicted octanol–water partition coefficient (Wildman–Crippen LogP) is 2.22. The number of aromatic nitrogens is 3. The van der Waals surface area contributed by atoms with Crippen LogP contribution >= 0.6 is 0 Å². The first-order chi connectivity index (χ1) is 13.5. The second kappa shape index (κ2) is 8.94. The molecule has 0 unspecified atom stereocenters. The number of nitrogens with one attached hydrogen (secondary N) is 3. The van der Waals surface area contributed by atoms with Gasteiger partial charge in [0.05, 0.1) is 6.54 Å². The first-order valence-corrected chi connectivity index (χ1v) is 9.11. The first kappa shape index (κ1) is 19.3. The summed E-state index contributed by atoms with van der Waals surface area (Å²) in [5.74, 6) is 0.959. The maximum atomic E-state index is 12.0. The number of carbonyl (C=O) groups excluding carboxylic acids is 1. The Bertz CT molecular complexity index is 998. The van der Waals surface area contributed by atoms with E-state index in [4.69, 9.17) is 0 Å². The van der Waals surface area contributed by atoms with Crippen molar-refractivity contribution in [2.24, 2.45) is 0 Å². The van der Waals surface area contributed by atoms with E-state index in [1.807, 2.05) is 30.3 Å². The van der Waals surface area contributed by atoms with Gasteiger partial charge < -0.3 is 15.6 Å². The minimum Gasteiger partial charge on any atom is -0.361 e. The van der Waals surface area contributed by atoms with Crippen LogP contribution in [0.5, 0.6) is 0 Å². The van der Waals surface area contributed by atoms with Crippen molar-refractivity contribution in [1.82, 2.24) is 20.3 Å². The molecule has 3 rings (SSSR count). The average Bonchev–Trinajstić information content (AvgIpc) is 2.71.